The normalized spacial score (nSPS) is 15.3. The smallest absolute Gasteiger partial charge is 0.386 e. The maximum Gasteiger partial charge on any atom is 0.416 e. The number of benzene rings is 1. The van der Waals surface area contributed by atoms with Crippen molar-refractivity contribution in [3.05, 3.63) is 35.4 Å². The number of halogens is 3. The highest BCUT2D eigenvalue weighted by atomic mass is 19.4. The van der Waals surface area contributed by atoms with Crippen molar-refractivity contribution in [1.29, 1.82) is 0 Å². The zero-order valence-corrected chi connectivity index (χ0v) is 11.1. The van der Waals surface area contributed by atoms with Crippen molar-refractivity contribution < 1.29 is 23.0 Å². The third-order valence-electron chi connectivity index (χ3n) is 2.89. The average Bonchev–Trinajstić information content (AvgIpc) is 2.37. The molecule has 19 heavy (non-hydrogen) atoms. The van der Waals surface area contributed by atoms with E-state index in [9.17, 15) is 18.3 Å². The summed E-state index contributed by atoms with van der Waals surface area (Å²) < 4.78 is 42.7. The molecule has 0 spiro atoms. The summed E-state index contributed by atoms with van der Waals surface area (Å²) in [6, 6.07) is 4.56. The van der Waals surface area contributed by atoms with Gasteiger partial charge < -0.3 is 9.84 Å². The molecule has 2 nitrogen and oxygen atoms in total. The van der Waals surface area contributed by atoms with E-state index in [1.165, 1.54) is 12.1 Å². The van der Waals surface area contributed by atoms with Gasteiger partial charge in [0.25, 0.3) is 0 Å². The van der Waals surface area contributed by atoms with Crippen molar-refractivity contribution in [1.82, 2.24) is 0 Å². The van der Waals surface area contributed by atoms with Crippen LogP contribution in [0.15, 0.2) is 24.3 Å². The van der Waals surface area contributed by atoms with Crippen LogP contribution in [-0.2, 0) is 10.9 Å². The lowest BCUT2D eigenvalue weighted by Gasteiger charge is -2.23. The van der Waals surface area contributed by atoms with Crippen LogP contribution in [0, 0.1) is 0 Å². The number of aliphatic hydroxyl groups excluding tert-OH is 1. The lowest BCUT2D eigenvalue weighted by atomic mass is 9.99. The van der Waals surface area contributed by atoms with E-state index in [1.807, 2.05) is 13.8 Å². The molecule has 0 bridgehead atoms. The fourth-order valence-corrected chi connectivity index (χ4v) is 1.91. The third kappa shape index (κ3) is 4.51. The van der Waals surface area contributed by atoms with Crippen molar-refractivity contribution in [2.45, 2.75) is 45.1 Å². The summed E-state index contributed by atoms with van der Waals surface area (Å²) in [6.07, 6.45) is -4.14. The first-order valence-electron chi connectivity index (χ1n) is 6.37. The molecule has 0 radical (unpaired) electrons. The van der Waals surface area contributed by atoms with Crippen LogP contribution in [0.4, 0.5) is 13.2 Å². The molecule has 108 valence electrons. The molecule has 0 fully saturated rings. The second-order valence-electron chi connectivity index (χ2n) is 4.35. The standard InChI is InChI=1S/C14H19F3O2/c1-3-5-12(19-4-2)13(18)10-6-8-11(9-7-10)14(15,16)17/h6-9,12-13,18H,3-5H2,1-2H3. The van der Waals surface area contributed by atoms with E-state index in [0.29, 0.717) is 18.6 Å². The highest BCUT2D eigenvalue weighted by Gasteiger charge is 2.30. The van der Waals surface area contributed by atoms with Gasteiger partial charge in [-0.1, -0.05) is 25.5 Å². The molecule has 5 heteroatoms. The minimum atomic E-state index is -4.35. The minimum Gasteiger partial charge on any atom is -0.386 e. The maximum absolute atomic E-state index is 12.4. The molecule has 2 unspecified atom stereocenters. The van der Waals surface area contributed by atoms with Crippen LogP contribution in [0.25, 0.3) is 0 Å². The quantitative estimate of drug-likeness (QED) is 0.852. The van der Waals surface area contributed by atoms with Crippen molar-refractivity contribution in [3.8, 4) is 0 Å². The zero-order chi connectivity index (χ0) is 14.5. The fraction of sp³-hybridized carbons (Fsp3) is 0.571. The number of hydrogen-bond donors (Lipinski definition) is 1. The molecule has 0 aliphatic heterocycles. The number of ether oxygens (including phenoxy) is 1. The Hall–Kier alpha value is -1.07. The number of alkyl halides is 3. The van der Waals surface area contributed by atoms with Gasteiger partial charge in [-0.05, 0) is 31.0 Å². The van der Waals surface area contributed by atoms with Crippen LogP contribution in [-0.4, -0.2) is 17.8 Å². The summed E-state index contributed by atoms with van der Waals surface area (Å²) in [5.74, 6) is 0. The van der Waals surface area contributed by atoms with Crippen LogP contribution in [0.5, 0.6) is 0 Å². The number of rotatable bonds is 6. The van der Waals surface area contributed by atoms with Crippen molar-refractivity contribution in [2.75, 3.05) is 6.61 Å². The van der Waals surface area contributed by atoms with Gasteiger partial charge in [-0.15, -0.1) is 0 Å². The molecule has 1 rings (SSSR count). The molecule has 0 heterocycles. The molecule has 1 aromatic carbocycles. The summed E-state index contributed by atoms with van der Waals surface area (Å²) in [4.78, 5) is 0. The van der Waals surface area contributed by atoms with E-state index in [1.54, 1.807) is 0 Å². The molecular formula is C14H19F3O2. The molecule has 0 aliphatic carbocycles. The van der Waals surface area contributed by atoms with Gasteiger partial charge in [0.1, 0.15) is 6.10 Å². The van der Waals surface area contributed by atoms with Gasteiger partial charge in [-0.2, -0.15) is 13.2 Å². The third-order valence-corrected chi connectivity index (χ3v) is 2.89. The maximum atomic E-state index is 12.4. The molecule has 1 N–H and O–H groups in total. The Kier molecular flexibility index (Phi) is 5.82. The molecule has 0 amide bonds. The number of aliphatic hydroxyl groups is 1. The van der Waals surface area contributed by atoms with Crippen LogP contribution in [0.2, 0.25) is 0 Å². The van der Waals surface area contributed by atoms with Crippen LogP contribution in [0.1, 0.15) is 43.9 Å². The van der Waals surface area contributed by atoms with Crippen LogP contribution < -0.4 is 0 Å². The van der Waals surface area contributed by atoms with E-state index in [4.69, 9.17) is 4.74 Å². The van der Waals surface area contributed by atoms with E-state index in [-0.39, 0.29) is 6.10 Å². The second-order valence-corrected chi connectivity index (χ2v) is 4.35. The topological polar surface area (TPSA) is 29.5 Å². The van der Waals surface area contributed by atoms with Gasteiger partial charge in [0.05, 0.1) is 11.7 Å². The summed E-state index contributed by atoms with van der Waals surface area (Å²) in [6.45, 7) is 4.25. The molecule has 0 saturated heterocycles. The van der Waals surface area contributed by atoms with E-state index in [0.717, 1.165) is 18.6 Å². The highest BCUT2D eigenvalue weighted by Crippen LogP contribution is 2.31. The van der Waals surface area contributed by atoms with E-state index < -0.39 is 17.8 Å². The SMILES string of the molecule is CCCC(OCC)C(O)c1ccc(C(F)(F)F)cc1. The summed E-state index contributed by atoms with van der Waals surface area (Å²) >= 11 is 0. The van der Waals surface area contributed by atoms with Gasteiger partial charge >= 0.3 is 6.18 Å². The minimum absolute atomic E-state index is 0.383. The average molecular weight is 276 g/mol. The Balaban J connectivity index is 2.83. The van der Waals surface area contributed by atoms with Crippen molar-refractivity contribution in [3.63, 3.8) is 0 Å². The summed E-state index contributed by atoms with van der Waals surface area (Å²) in [5.41, 5.74) is -0.271. The fourth-order valence-electron chi connectivity index (χ4n) is 1.91. The van der Waals surface area contributed by atoms with Gasteiger partial charge in [-0.3, -0.25) is 0 Å². The Bertz CT molecular complexity index is 367. The summed E-state index contributed by atoms with van der Waals surface area (Å²) in [5, 5.41) is 10.1. The van der Waals surface area contributed by atoms with E-state index >= 15 is 0 Å². The van der Waals surface area contributed by atoms with Gasteiger partial charge in [0.2, 0.25) is 0 Å². The number of hydrogen-bond acceptors (Lipinski definition) is 2. The van der Waals surface area contributed by atoms with Gasteiger partial charge in [0, 0.05) is 6.61 Å². The summed E-state index contributed by atoms with van der Waals surface area (Å²) in [7, 11) is 0. The Morgan fingerprint density at radius 1 is 1.16 bits per heavy atom. The lowest BCUT2D eigenvalue weighted by molar-refractivity contribution is -0.137. The first-order valence-corrected chi connectivity index (χ1v) is 6.37. The molecule has 0 saturated carbocycles. The predicted octanol–water partition coefficient (Wildman–Crippen LogP) is 3.94. The van der Waals surface area contributed by atoms with Crippen LogP contribution in [0.3, 0.4) is 0 Å². The molecule has 2 atom stereocenters. The lowest BCUT2D eigenvalue weighted by Crippen LogP contribution is -2.22. The molecule has 0 aliphatic rings. The van der Waals surface area contributed by atoms with Crippen LogP contribution >= 0.6 is 0 Å². The monoisotopic (exact) mass is 276 g/mol. The van der Waals surface area contributed by atoms with Gasteiger partial charge in [0.15, 0.2) is 0 Å². The predicted molar refractivity (Wildman–Crippen MR) is 66.7 cm³/mol. The zero-order valence-electron chi connectivity index (χ0n) is 11.1. The first kappa shape index (κ1) is 16.0. The highest BCUT2D eigenvalue weighted by molar-refractivity contribution is 5.26. The Morgan fingerprint density at radius 3 is 2.16 bits per heavy atom. The van der Waals surface area contributed by atoms with Crippen molar-refractivity contribution in [2.24, 2.45) is 0 Å². The second kappa shape index (κ2) is 6.91. The Morgan fingerprint density at radius 2 is 1.74 bits per heavy atom. The van der Waals surface area contributed by atoms with E-state index in [2.05, 4.69) is 0 Å². The first-order chi connectivity index (χ1) is 8.90. The molecule has 0 aromatic heterocycles. The van der Waals surface area contributed by atoms with Crippen molar-refractivity contribution >= 4 is 0 Å². The molecular weight excluding hydrogens is 257 g/mol. The molecule has 1 aromatic rings. The Labute approximate surface area is 111 Å². The largest absolute Gasteiger partial charge is 0.416 e. The van der Waals surface area contributed by atoms with Gasteiger partial charge in [-0.25, -0.2) is 0 Å².